The Kier molecular flexibility index (Phi) is 7.36. The minimum absolute atomic E-state index is 0.0115. The zero-order valence-corrected chi connectivity index (χ0v) is 33.5. The third-order valence-corrected chi connectivity index (χ3v) is 12.2. The molecule has 0 bridgehead atoms. The fourth-order valence-electron chi connectivity index (χ4n) is 9.04. The molecule has 0 radical (unpaired) electrons. The summed E-state index contributed by atoms with van der Waals surface area (Å²) in [6.07, 6.45) is 0. The number of furan rings is 2. The lowest BCUT2D eigenvalue weighted by Gasteiger charge is -2.28. The Labute approximate surface area is 329 Å². The number of benzene rings is 7. The highest BCUT2D eigenvalue weighted by Gasteiger charge is 2.36. The van der Waals surface area contributed by atoms with Crippen LogP contribution in [0.4, 0.5) is 17.1 Å². The van der Waals surface area contributed by atoms with Gasteiger partial charge in [0.2, 0.25) is 0 Å². The molecular weight excluding hydrogens is 683 g/mol. The van der Waals surface area contributed by atoms with Crippen LogP contribution in [-0.4, -0.2) is 0 Å². The maximum absolute atomic E-state index is 6.90. The molecule has 0 spiro atoms. The summed E-state index contributed by atoms with van der Waals surface area (Å²) in [5, 5.41) is 4.59. The third-order valence-electron chi connectivity index (χ3n) is 12.2. The highest BCUT2D eigenvalue weighted by molar-refractivity contribution is 6.10. The molecule has 7 aromatic carbocycles. The number of nitrogens with zero attached hydrogens (tertiary/aromatic N) is 1. The lowest BCUT2D eigenvalue weighted by atomic mass is 9.79. The monoisotopic (exact) mass is 729 g/mol. The van der Waals surface area contributed by atoms with E-state index < -0.39 is 0 Å². The van der Waals surface area contributed by atoms with Crippen molar-refractivity contribution < 1.29 is 8.83 Å². The largest absolute Gasteiger partial charge is 0.456 e. The Balaban J connectivity index is 1.15. The number of fused-ring (bicyclic) bond motifs is 9. The van der Waals surface area contributed by atoms with Gasteiger partial charge in [0.1, 0.15) is 22.3 Å². The first kappa shape index (κ1) is 34.4. The molecule has 2 heterocycles. The van der Waals surface area contributed by atoms with Gasteiger partial charge in [-0.15, -0.1) is 0 Å². The van der Waals surface area contributed by atoms with Gasteiger partial charge < -0.3 is 13.7 Å². The molecule has 3 heteroatoms. The first-order valence-corrected chi connectivity index (χ1v) is 19.8. The standard InChI is InChI=1S/C53H47NO2/c1-51(2,3)33-28-43-41-27-25-36(31-48(41)56-50(43)46(29-33)52(4,5)6)54(35-24-26-39-38-14-9-11-18-44(38)53(7,8)45(39)30-35)34-22-20-32(21-23-34)37-16-13-17-42-40-15-10-12-19-47(40)55-49(37)42/h9-31H,1-8H3. The fraction of sp³-hybridized carbons (Fsp3) is 0.208. The molecule has 0 saturated carbocycles. The molecule has 10 rings (SSSR count). The summed E-state index contributed by atoms with van der Waals surface area (Å²) < 4.78 is 13.3. The SMILES string of the molecule is CC(C)(C)c1cc(C(C)(C)C)c2oc3cc(N(c4ccc(-c5cccc6c5oc5ccccc56)cc4)c4ccc5c(c4)C(C)(C)c4ccccc4-5)ccc3c2c1. The summed E-state index contributed by atoms with van der Waals surface area (Å²) in [6.45, 7) is 18.4. The van der Waals surface area contributed by atoms with Crippen LogP contribution >= 0.6 is 0 Å². The molecule has 1 aliphatic rings. The van der Waals surface area contributed by atoms with E-state index in [0.29, 0.717) is 0 Å². The Morgan fingerprint density at radius 2 is 1.07 bits per heavy atom. The van der Waals surface area contributed by atoms with Gasteiger partial charge in [-0.3, -0.25) is 0 Å². The van der Waals surface area contributed by atoms with Gasteiger partial charge in [0.15, 0.2) is 0 Å². The Morgan fingerprint density at radius 1 is 0.446 bits per heavy atom. The van der Waals surface area contributed by atoms with E-state index in [1.54, 1.807) is 0 Å². The number of hydrogen-bond donors (Lipinski definition) is 0. The Hall–Kier alpha value is -6.06. The van der Waals surface area contributed by atoms with Crippen molar-refractivity contribution in [1.82, 2.24) is 0 Å². The average Bonchev–Trinajstić information content (AvgIpc) is 3.82. The van der Waals surface area contributed by atoms with Gasteiger partial charge in [0, 0.05) is 61.2 Å². The minimum Gasteiger partial charge on any atom is -0.456 e. The van der Waals surface area contributed by atoms with Gasteiger partial charge in [-0.25, -0.2) is 0 Å². The van der Waals surface area contributed by atoms with Crippen LogP contribution in [0.3, 0.4) is 0 Å². The first-order chi connectivity index (χ1) is 26.8. The maximum Gasteiger partial charge on any atom is 0.143 e. The van der Waals surface area contributed by atoms with E-state index in [9.17, 15) is 0 Å². The maximum atomic E-state index is 6.90. The second-order valence-corrected chi connectivity index (χ2v) is 18.2. The van der Waals surface area contributed by atoms with Crippen molar-refractivity contribution in [2.45, 2.75) is 71.6 Å². The van der Waals surface area contributed by atoms with Crippen molar-refractivity contribution in [3.63, 3.8) is 0 Å². The third kappa shape index (κ3) is 5.24. The minimum atomic E-state index is -0.125. The predicted octanol–water partition coefficient (Wildman–Crippen LogP) is 15.5. The second-order valence-electron chi connectivity index (χ2n) is 18.2. The smallest absolute Gasteiger partial charge is 0.143 e. The number of anilines is 3. The molecule has 1 aliphatic carbocycles. The van der Waals surface area contributed by atoms with Gasteiger partial charge in [0.25, 0.3) is 0 Å². The lowest BCUT2D eigenvalue weighted by Crippen LogP contribution is -2.16. The molecule has 0 aliphatic heterocycles. The molecule has 0 N–H and O–H groups in total. The van der Waals surface area contributed by atoms with E-state index in [1.165, 1.54) is 38.8 Å². The molecule has 0 saturated heterocycles. The van der Waals surface area contributed by atoms with Crippen LogP contribution in [0, 0.1) is 0 Å². The molecule has 2 aromatic heterocycles. The van der Waals surface area contributed by atoms with Crippen molar-refractivity contribution in [1.29, 1.82) is 0 Å². The summed E-state index contributed by atoms with van der Waals surface area (Å²) in [5.41, 5.74) is 16.8. The zero-order chi connectivity index (χ0) is 38.7. The predicted molar refractivity (Wildman–Crippen MR) is 236 cm³/mol. The van der Waals surface area contributed by atoms with Crippen LogP contribution in [0.1, 0.15) is 77.6 Å². The quantitative estimate of drug-likeness (QED) is 0.181. The van der Waals surface area contributed by atoms with E-state index in [2.05, 4.69) is 188 Å². The van der Waals surface area contributed by atoms with Crippen molar-refractivity contribution in [3.8, 4) is 22.3 Å². The number of para-hydroxylation sites is 2. The summed E-state index contributed by atoms with van der Waals surface area (Å²) in [5.74, 6) is 0. The highest BCUT2D eigenvalue weighted by atomic mass is 16.3. The van der Waals surface area contributed by atoms with Crippen LogP contribution in [0.15, 0.2) is 148 Å². The van der Waals surface area contributed by atoms with E-state index in [-0.39, 0.29) is 16.2 Å². The molecule has 0 amide bonds. The summed E-state index contributed by atoms with van der Waals surface area (Å²) >= 11 is 0. The molecule has 56 heavy (non-hydrogen) atoms. The van der Waals surface area contributed by atoms with Gasteiger partial charge in [-0.05, 0) is 92.7 Å². The van der Waals surface area contributed by atoms with E-state index in [0.717, 1.165) is 66.7 Å². The number of rotatable bonds is 4. The Bertz CT molecular complexity index is 3010. The molecule has 0 fully saturated rings. The molecule has 3 nitrogen and oxygen atoms in total. The summed E-state index contributed by atoms with van der Waals surface area (Å²) in [7, 11) is 0. The second kappa shape index (κ2) is 12.0. The highest BCUT2D eigenvalue weighted by Crippen LogP contribution is 2.51. The van der Waals surface area contributed by atoms with Crippen molar-refractivity contribution in [3.05, 3.63) is 162 Å². The van der Waals surface area contributed by atoms with Crippen molar-refractivity contribution in [2.24, 2.45) is 0 Å². The van der Waals surface area contributed by atoms with Crippen LogP contribution in [0.2, 0.25) is 0 Å². The molecule has 9 aromatic rings. The lowest BCUT2D eigenvalue weighted by molar-refractivity contribution is 0.559. The van der Waals surface area contributed by atoms with Crippen LogP contribution in [0.25, 0.3) is 66.1 Å². The normalized spacial score (nSPS) is 13.9. The topological polar surface area (TPSA) is 29.5 Å². The summed E-state index contributed by atoms with van der Waals surface area (Å²) in [6, 6.07) is 50.9. The van der Waals surface area contributed by atoms with Crippen LogP contribution < -0.4 is 4.90 Å². The van der Waals surface area contributed by atoms with Gasteiger partial charge in [-0.1, -0.05) is 140 Å². The molecule has 0 unspecified atom stereocenters. The van der Waals surface area contributed by atoms with Crippen molar-refractivity contribution >= 4 is 60.9 Å². The van der Waals surface area contributed by atoms with Gasteiger partial charge in [-0.2, -0.15) is 0 Å². The Morgan fingerprint density at radius 3 is 1.86 bits per heavy atom. The first-order valence-electron chi connectivity index (χ1n) is 19.8. The molecule has 0 atom stereocenters. The zero-order valence-electron chi connectivity index (χ0n) is 33.5. The van der Waals surface area contributed by atoms with E-state index in [1.807, 2.05) is 12.1 Å². The van der Waals surface area contributed by atoms with E-state index in [4.69, 9.17) is 8.83 Å². The van der Waals surface area contributed by atoms with Crippen molar-refractivity contribution in [2.75, 3.05) is 4.90 Å². The number of hydrogen-bond acceptors (Lipinski definition) is 3. The van der Waals surface area contributed by atoms with Crippen LogP contribution in [-0.2, 0) is 16.2 Å². The van der Waals surface area contributed by atoms with E-state index >= 15 is 0 Å². The summed E-state index contributed by atoms with van der Waals surface area (Å²) in [4.78, 5) is 2.38. The van der Waals surface area contributed by atoms with Crippen LogP contribution in [0.5, 0.6) is 0 Å². The fourth-order valence-corrected chi connectivity index (χ4v) is 9.04. The van der Waals surface area contributed by atoms with Gasteiger partial charge >= 0.3 is 0 Å². The molecular formula is C53H47NO2. The van der Waals surface area contributed by atoms with Gasteiger partial charge in [0.05, 0.1) is 0 Å². The molecule has 276 valence electrons. The average molecular weight is 730 g/mol.